The Morgan fingerprint density at radius 2 is 1.74 bits per heavy atom. The van der Waals surface area contributed by atoms with E-state index >= 15 is 0 Å². The molecule has 0 fully saturated rings. The molecule has 0 bridgehead atoms. The number of hydrogen-bond donors (Lipinski definition) is 1. The standard InChI is InChI=1S/C30H27Cl2N3O4/c1-4-5-6-26-33-24-9-7-16(2)17(3)27(24)29(37)35(26)19-8-10-25-18(13-19)11-12-34(25)28(36)20-14-22(31)23(32)15-21(20)30(38)39/h7-10,13-15H,4-6,11-12H2,1-3H3,(H,38,39). The molecular weight excluding hydrogens is 537 g/mol. The van der Waals surface area contributed by atoms with Crippen molar-refractivity contribution in [2.75, 3.05) is 11.4 Å². The summed E-state index contributed by atoms with van der Waals surface area (Å²) in [6.07, 6.45) is 3.07. The van der Waals surface area contributed by atoms with E-state index in [1.165, 1.54) is 17.0 Å². The number of carboxylic acid groups (broad SMARTS) is 1. The van der Waals surface area contributed by atoms with Crippen molar-refractivity contribution in [2.24, 2.45) is 0 Å². The number of hydrogen-bond acceptors (Lipinski definition) is 4. The van der Waals surface area contributed by atoms with Crippen molar-refractivity contribution in [3.63, 3.8) is 0 Å². The molecule has 0 spiro atoms. The van der Waals surface area contributed by atoms with Gasteiger partial charge in [-0.05, 0) is 79.8 Å². The van der Waals surface area contributed by atoms with Crippen molar-refractivity contribution in [3.05, 3.63) is 96.5 Å². The van der Waals surface area contributed by atoms with Crippen LogP contribution in [0.3, 0.4) is 0 Å². The maximum Gasteiger partial charge on any atom is 0.336 e. The number of nitrogens with zero attached hydrogens (tertiary/aromatic N) is 3. The van der Waals surface area contributed by atoms with Gasteiger partial charge >= 0.3 is 5.97 Å². The third-order valence-corrected chi connectivity index (χ3v) is 8.10. The van der Waals surface area contributed by atoms with Crippen LogP contribution in [0, 0.1) is 13.8 Å². The van der Waals surface area contributed by atoms with Gasteiger partial charge in [-0.1, -0.05) is 42.6 Å². The fraction of sp³-hybridized carbons (Fsp3) is 0.267. The number of amides is 1. The second-order valence-corrected chi connectivity index (χ2v) is 10.6. The largest absolute Gasteiger partial charge is 0.478 e. The fourth-order valence-corrected chi connectivity index (χ4v) is 5.46. The first-order chi connectivity index (χ1) is 18.6. The lowest BCUT2D eigenvalue weighted by Crippen LogP contribution is -2.30. The number of aryl methyl sites for hydroxylation is 3. The van der Waals surface area contributed by atoms with E-state index in [-0.39, 0.29) is 26.7 Å². The lowest BCUT2D eigenvalue weighted by atomic mass is 10.0. The molecule has 1 aromatic heterocycles. The lowest BCUT2D eigenvalue weighted by molar-refractivity contribution is 0.0692. The Morgan fingerprint density at radius 1 is 1.03 bits per heavy atom. The minimum Gasteiger partial charge on any atom is -0.478 e. The van der Waals surface area contributed by atoms with E-state index in [9.17, 15) is 19.5 Å². The third-order valence-electron chi connectivity index (χ3n) is 7.38. The summed E-state index contributed by atoms with van der Waals surface area (Å²) in [5.41, 5.74) is 4.52. The predicted molar refractivity (Wildman–Crippen MR) is 154 cm³/mol. The number of carbonyl (C=O) groups excluding carboxylic acids is 1. The van der Waals surface area contributed by atoms with Gasteiger partial charge in [-0.25, -0.2) is 9.78 Å². The second-order valence-electron chi connectivity index (χ2n) is 9.81. The van der Waals surface area contributed by atoms with Gasteiger partial charge in [-0.2, -0.15) is 0 Å². The molecule has 1 amide bonds. The third kappa shape index (κ3) is 4.70. The van der Waals surface area contributed by atoms with Gasteiger partial charge < -0.3 is 10.0 Å². The Hall–Kier alpha value is -3.68. The van der Waals surface area contributed by atoms with Crippen molar-refractivity contribution < 1.29 is 14.7 Å². The maximum absolute atomic E-state index is 13.9. The Labute approximate surface area is 235 Å². The smallest absolute Gasteiger partial charge is 0.336 e. The number of unbranched alkanes of at least 4 members (excludes halogenated alkanes) is 1. The summed E-state index contributed by atoms with van der Waals surface area (Å²) < 4.78 is 1.69. The van der Waals surface area contributed by atoms with E-state index in [2.05, 4.69) is 6.92 Å². The number of anilines is 1. The van der Waals surface area contributed by atoms with Gasteiger partial charge in [0.05, 0.1) is 37.8 Å². The number of fused-ring (bicyclic) bond motifs is 2. The summed E-state index contributed by atoms with van der Waals surface area (Å²) in [6, 6.07) is 11.9. The van der Waals surface area contributed by atoms with E-state index in [4.69, 9.17) is 28.2 Å². The second kappa shape index (κ2) is 10.5. The molecule has 3 aromatic carbocycles. The molecule has 0 atom stereocenters. The van der Waals surface area contributed by atoms with Gasteiger partial charge in [0.1, 0.15) is 5.82 Å². The van der Waals surface area contributed by atoms with E-state index in [1.54, 1.807) is 10.6 Å². The van der Waals surface area contributed by atoms with Crippen molar-refractivity contribution in [1.82, 2.24) is 9.55 Å². The molecule has 0 aliphatic carbocycles. The molecule has 2 heterocycles. The van der Waals surface area contributed by atoms with Crippen molar-refractivity contribution in [3.8, 4) is 5.69 Å². The minimum absolute atomic E-state index is 0.0310. The molecule has 0 saturated heterocycles. The van der Waals surface area contributed by atoms with Crippen LogP contribution in [0.25, 0.3) is 16.6 Å². The number of carbonyl (C=O) groups is 2. The van der Waals surface area contributed by atoms with Crippen LogP contribution in [-0.4, -0.2) is 33.1 Å². The maximum atomic E-state index is 13.9. The molecule has 39 heavy (non-hydrogen) atoms. The van der Waals surface area contributed by atoms with Crippen molar-refractivity contribution in [2.45, 2.75) is 46.5 Å². The normalized spacial score (nSPS) is 12.7. The van der Waals surface area contributed by atoms with Crippen molar-refractivity contribution in [1.29, 1.82) is 0 Å². The average molecular weight is 564 g/mol. The number of halogens is 2. The quantitative estimate of drug-likeness (QED) is 0.287. The van der Waals surface area contributed by atoms with E-state index in [0.717, 1.165) is 29.5 Å². The molecule has 0 radical (unpaired) electrons. The van der Waals surface area contributed by atoms with E-state index < -0.39 is 11.9 Å². The van der Waals surface area contributed by atoms with E-state index in [1.807, 2.05) is 38.1 Å². The van der Waals surface area contributed by atoms with Crippen LogP contribution in [-0.2, 0) is 12.8 Å². The monoisotopic (exact) mass is 563 g/mol. The van der Waals surface area contributed by atoms with Crippen LogP contribution < -0.4 is 10.5 Å². The Balaban J connectivity index is 1.60. The highest BCUT2D eigenvalue weighted by atomic mass is 35.5. The zero-order valence-electron chi connectivity index (χ0n) is 21.8. The summed E-state index contributed by atoms with van der Waals surface area (Å²) in [6.45, 7) is 6.38. The molecule has 1 N–H and O–H groups in total. The highest BCUT2D eigenvalue weighted by molar-refractivity contribution is 6.42. The van der Waals surface area contributed by atoms with Crippen LogP contribution in [0.2, 0.25) is 10.0 Å². The molecule has 7 nitrogen and oxygen atoms in total. The molecule has 200 valence electrons. The number of carboxylic acids is 1. The first-order valence-electron chi connectivity index (χ1n) is 12.8. The van der Waals surface area contributed by atoms with Crippen LogP contribution in [0.1, 0.15) is 63.0 Å². The highest BCUT2D eigenvalue weighted by Gasteiger charge is 2.30. The van der Waals surface area contributed by atoms with Gasteiger partial charge in [0, 0.05) is 18.7 Å². The summed E-state index contributed by atoms with van der Waals surface area (Å²) in [5.74, 6) is -1.04. The lowest BCUT2D eigenvalue weighted by Gasteiger charge is -2.20. The number of rotatable bonds is 6. The minimum atomic E-state index is -1.26. The first-order valence-corrected chi connectivity index (χ1v) is 13.6. The zero-order chi connectivity index (χ0) is 28.0. The molecule has 4 aromatic rings. The molecule has 0 unspecified atom stereocenters. The topological polar surface area (TPSA) is 92.5 Å². The number of benzene rings is 3. The summed E-state index contributed by atoms with van der Waals surface area (Å²) in [4.78, 5) is 45.6. The molecule has 1 aliphatic rings. The van der Waals surface area contributed by atoms with Gasteiger partial charge in [-0.15, -0.1) is 0 Å². The fourth-order valence-electron chi connectivity index (χ4n) is 5.14. The summed E-state index contributed by atoms with van der Waals surface area (Å²) >= 11 is 12.1. The van der Waals surface area contributed by atoms with Crippen molar-refractivity contribution >= 4 is 51.7 Å². The summed E-state index contributed by atoms with van der Waals surface area (Å²) in [5, 5.41) is 10.4. The van der Waals surface area contributed by atoms with Gasteiger partial charge in [-0.3, -0.25) is 14.2 Å². The van der Waals surface area contributed by atoms with Gasteiger partial charge in [0.15, 0.2) is 0 Å². The molecular formula is C30H27Cl2N3O4. The Morgan fingerprint density at radius 3 is 2.44 bits per heavy atom. The van der Waals surface area contributed by atoms with E-state index in [0.29, 0.717) is 47.5 Å². The summed E-state index contributed by atoms with van der Waals surface area (Å²) in [7, 11) is 0. The Bertz CT molecular complexity index is 1730. The SMILES string of the molecule is CCCCc1nc2ccc(C)c(C)c2c(=O)n1-c1ccc2c(c1)CCN2C(=O)c1cc(Cl)c(Cl)cc1C(=O)O. The van der Waals surface area contributed by atoms with Crippen LogP contribution >= 0.6 is 23.2 Å². The molecule has 0 saturated carbocycles. The molecule has 1 aliphatic heterocycles. The van der Waals surface area contributed by atoms with Crippen LogP contribution in [0.5, 0.6) is 0 Å². The van der Waals surface area contributed by atoms with Crippen LogP contribution in [0.15, 0.2) is 47.3 Å². The van der Waals surface area contributed by atoms with Gasteiger partial charge in [0.25, 0.3) is 11.5 Å². The van der Waals surface area contributed by atoms with Gasteiger partial charge in [0.2, 0.25) is 0 Å². The number of aromatic carboxylic acids is 1. The average Bonchev–Trinajstić information content (AvgIpc) is 3.33. The highest BCUT2D eigenvalue weighted by Crippen LogP contribution is 2.34. The molecule has 9 heteroatoms. The zero-order valence-corrected chi connectivity index (χ0v) is 23.4. The molecule has 5 rings (SSSR count). The van der Waals surface area contributed by atoms with Crippen LogP contribution in [0.4, 0.5) is 5.69 Å². The Kier molecular flexibility index (Phi) is 7.23. The number of aromatic nitrogens is 2. The first kappa shape index (κ1) is 26.9. The predicted octanol–water partition coefficient (Wildman–Crippen LogP) is 6.55.